The molecule has 4 rings (SSSR count). The number of benzene rings is 1. The molecule has 12 heteroatoms. The molecule has 0 bridgehead atoms. The number of fused-ring (bicyclic) bond motifs is 1. The summed E-state index contributed by atoms with van der Waals surface area (Å²) in [6.45, 7) is 4.83. The first-order valence-electron chi connectivity index (χ1n) is 10.1. The zero-order valence-electron chi connectivity index (χ0n) is 18.3. The Morgan fingerprint density at radius 3 is 2.44 bits per heavy atom. The summed E-state index contributed by atoms with van der Waals surface area (Å²) in [5.74, 6) is -0.198. The van der Waals surface area contributed by atoms with Crippen molar-refractivity contribution in [1.82, 2.24) is 24.5 Å². The highest BCUT2D eigenvalue weighted by Gasteiger charge is 2.35. The second-order valence-corrected chi connectivity index (χ2v) is 8.69. The minimum atomic E-state index is -4.56. The molecule has 4 aromatic rings. The van der Waals surface area contributed by atoms with Crippen molar-refractivity contribution in [3.05, 3.63) is 68.6 Å². The minimum Gasteiger partial charge on any atom is -0.308 e. The third kappa shape index (κ3) is 4.88. The van der Waals surface area contributed by atoms with Gasteiger partial charge in [-0.1, -0.05) is 29.3 Å². The molecular formula is C22H19Cl2F3N6O. The number of alkyl halides is 3. The number of aromatic nitrogens is 5. The number of amides is 1. The van der Waals surface area contributed by atoms with Crippen LogP contribution in [0, 0.1) is 20.8 Å². The molecule has 7 nitrogen and oxygen atoms in total. The van der Waals surface area contributed by atoms with Crippen molar-refractivity contribution in [3.8, 4) is 0 Å². The van der Waals surface area contributed by atoms with Gasteiger partial charge in [-0.3, -0.25) is 9.48 Å². The van der Waals surface area contributed by atoms with Gasteiger partial charge in [0.25, 0.3) is 0 Å². The fourth-order valence-electron chi connectivity index (χ4n) is 3.67. The molecule has 0 aliphatic carbocycles. The smallest absolute Gasteiger partial charge is 0.308 e. The molecule has 0 saturated heterocycles. The average Bonchev–Trinajstić information content (AvgIpc) is 3.22. The summed E-state index contributed by atoms with van der Waals surface area (Å²) in [7, 11) is 0. The molecule has 0 aliphatic heterocycles. The zero-order chi connectivity index (χ0) is 24.8. The van der Waals surface area contributed by atoms with Crippen LogP contribution < -0.4 is 5.32 Å². The van der Waals surface area contributed by atoms with E-state index >= 15 is 0 Å². The van der Waals surface area contributed by atoms with Crippen molar-refractivity contribution in [1.29, 1.82) is 0 Å². The van der Waals surface area contributed by atoms with Gasteiger partial charge in [-0.25, -0.2) is 9.67 Å². The third-order valence-corrected chi connectivity index (χ3v) is 5.91. The van der Waals surface area contributed by atoms with Crippen molar-refractivity contribution >= 4 is 46.0 Å². The minimum absolute atomic E-state index is 0.00121. The van der Waals surface area contributed by atoms with Gasteiger partial charge < -0.3 is 5.32 Å². The Morgan fingerprint density at radius 2 is 1.76 bits per heavy atom. The first-order valence-corrected chi connectivity index (χ1v) is 10.9. The maximum absolute atomic E-state index is 13.5. The summed E-state index contributed by atoms with van der Waals surface area (Å²) in [6.07, 6.45) is -4.56. The van der Waals surface area contributed by atoms with Crippen molar-refractivity contribution in [2.24, 2.45) is 0 Å². The standard InChI is InChI=1S/C22H19Cl2F3N6O/c1-11-6-15(22(25,26)27)20-13(3)30-33(21(20)28-11)10-19(34)29-18-7-12(2)32(31-18)9-14-4-5-16(23)17(24)8-14/h4-8H,9-10H2,1-3H3,(H,29,31,34). The fourth-order valence-corrected chi connectivity index (χ4v) is 3.99. The summed E-state index contributed by atoms with van der Waals surface area (Å²) in [4.78, 5) is 16.8. The Balaban J connectivity index is 1.54. The Labute approximate surface area is 202 Å². The maximum Gasteiger partial charge on any atom is 0.417 e. The Kier molecular flexibility index (Phi) is 6.30. The normalized spacial score (nSPS) is 11.9. The van der Waals surface area contributed by atoms with E-state index in [4.69, 9.17) is 23.2 Å². The molecule has 0 radical (unpaired) electrons. The molecule has 1 amide bonds. The van der Waals surface area contributed by atoms with Gasteiger partial charge in [0.1, 0.15) is 6.54 Å². The lowest BCUT2D eigenvalue weighted by atomic mass is 10.1. The highest BCUT2D eigenvalue weighted by atomic mass is 35.5. The number of pyridine rings is 1. The third-order valence-electron chi connectivity index (χ3n) is 5.17. The highest BCUT2D eigenvalue weighted by molar-refractivity contribution is 6.42. The number of nitrogens with zero attached hydrogens (tertiary/aromatic N) is 5. The van der Waals surface area contributed by atoms with Crippen LogP contribution in [-0.4, -0.2) is 30.5 Å². The van der Waals surface area contributed by atoms with Crippen molar-refractivity contribution in [3.63, 3.8) is 0 Å². The van der Waals surface area contributed by atoms with Crippen LogP contribution >= 0.6 is 23.2 Å². The SMILES string of the molecule is Cc1cc(C(F)(F)F)c2c(C)nn(CC(=O)Nc3cc(C)n(Cc4ccc(Cl)c(Cl)c4)n3)c2n1. The molecule has 178 valence electrons. The molecule has 1 aromatic carbocycles. The van der Waals surface area contributed by atoms with E-state index in [2.05, 4.69) is 20.5 Å². The first-order chi connectivity index (χ1) is 15.9. The second kappa shape index (κ2) is 8.92. The monoisotopic (exact) mass is 510 g/mol. The molecule has 3 aromatic heterocycles. The number of carbonyl (C=O) groups is 1. The van der Waals surface area contributed by atoms with Gasteiger partial charge in [0.15, 0.2) is 11.5 Å². The highest BCUT2D eigenvalue weighted by Crippen LogP contribution is 2.36. The van der Waals surface area contributed by atoms with E-state index in [1.54, 1.807) is 22.9 Å². The van der Waals surface area contributed by atoms with Gasteiger partial charge in [0.2, 0.25) is 5.91 Å². The van der Waals surface area contributed by atoms with Crippen molar-refractivity contribution in [2.45, 2.75) is 40.0 Å². The number of hydrogen-bond acceptors (Lipinski definition) is 4. The van der Waals surface area contributed by atoms with Crippen molar-refractivity contribution < 1.29 is 18.0 Å². The number of anilines is 1. The lowest BCUT2D eigenvalue weighted by Crippen LogP contribution is -2.20. The second-order valence-electron chi connectivity index (χ2n) is 7.88. The first kappa shape index (κ1) is 24.0. The van der Waals surface area contributed by atoms with Crippen LogP contribution in [0.25, 0.3) is 11.0 Å². The Bertz CT molecular complexity index is 1410. The fraction of sp³-hybridized carbons (Fsp3) is 0.273. The molecule has 0 saturated carbocycles. The van der Waals surface area contributed by atoms with Crippen LogP contribution in [0.3, 0.4) is 0 Å². The van der Waals surface area contributed by atoms with Crippen LogP contribution in [0.1, 0.15) is 28.2 Å². The van der Waals surface area contributed by atoms with E-state index in [1.807, 2.05) is 13.0 Å². The number of halogens is 5. The zero-order valence-corrected chi connectivity index (χ0v) is 19.8. The summed E-state index contributed by atoms with van der Waals surface area (Å²) in [5.41, 5.74) is 1.16. The van der Waals surface area contributed by atoms with Crippen molar-refractivity contribution in [2.75, 3.05) is 5.32 Å². The van der Waals surface area contributed by atoms with Crippen LogP contribution in [0.4, 0.5) is 19.0 Å². The molecule has 34 heavy (non-hydrogen) atoms. The molecule has 0 atom stereocenters. The lowest BCUT2D eigenvalue weighted by Gasteiger charge is -2.10. The summed E-state index contributed by atoms with van der Waals surface area (Å²) in [5, 5.41) is 11.9. The predicted molar refractivity (Wildman–Crippen MR) is 123 cm³/mol. The van der Waals surface area contributed by atoms with Gasteiger partial charge in [-0.2, -0.15) is 23.4 Å². The number of aryl methyl sites for hydroxylation is 3. The number of nitrogens with one attached hydrogen (secondary N) is 1. The molecule has 0 fully saturated rings. The summed E-state index contributed by atoms with van der Waals surface area (Å²) < 4.78 is 43.4. The van der Waals surface area contributed by atoms with Crippen LogP contribution in [0.15, 0.2) is 30.3 Å². The molecule has 1 N–H and O–H groups in total. The number of rotatable bonds is 5. The van der Waals surface area contributed by atoms with E-state index in [1.165, 1.54) is 18.5 Å². The van der Waals surface area contributed by atoms with Gasteiger partial charge in [-0.05, 0) is 44.5 Å². The topological polar surface area (TPSA) is 77.6 Å². The van der Waals surface area contributed by atoms with E-state index < -0.39 is 17.6 Å². The molecular weight excluding hydrogens is 492 g/mol. The van der Waals surface area contributed by atoms with E-state index in [0.717, 1.165) is 17.3 Å². The van der Waals surface area contributed by atoms with Gasteiger partial charge in [0, 0.05) is 17.5 Å². The maximum atomic E-state index is 13.5. The Morgan fingerprint density at radius 1 is 1.03 bits per heavy atom. The van der Waals surface area contributed by atoms with Gasteiger partial charge >= 0.3 is 6.18 Å². The van der Waals surface area contributed by atoms with Gasteiger partial charge in [0.05, 0.1) is 33.2 Å². The summed E-state index contributed by atoms with van der Waals surface area (Å²) >= 11 is 12.0. The van der Waals surface area contributed by atoms with E-state index in [9.17, 15) is 18.0 Å². The van der Waals surface area contributed by atoms with E-state index in [0.29, 0.717) is 22.4 Å². The van der Waals surface area contributed by atoms with Crippen LogP contribution in [-0.2, 0) is 24.1 Å². The largest absolute Gasteiger partial charge is 0.417 e. The molecule has 3 heterocycles. The molecule has 0 unspecified atom stereocenters. The number of hydrogen-bond donors (Lipinski definition) is 1. The molecule has 0 spiro atoms. The van der Waals surface area contributed by atoms with Crippen LogP contribution in [0.2, 0.25) is 10.0 Å². The predicted octanol–water partition coefficient (Wildman–Crippen LogP) is 5.57. The Hall–Kier alpha value is -3.11. The molecule has 0 aliphatic rings. The van der Waals surface area contributed by atoms with E-state index in [-0.39, 0.29) is 29.0 Å². The quantitative estimate of drug-likeness (QED) is 0.381. The van der Waals surface area contributed by atoms with Gasteiger partial charge in [-0.15, -0.1) is 0 Å². The average molecular weight is 511 g/mol. The lowest BCUT2D eigenvalue weighted by molar-refractivity contribution is -0.136. The summed E-state index contributed by atoms with van der Waals surface area (Å²) in [6, 6.07) is 7.91. The van der Waals surface area contributed by atoms with Crippen LogP contribution in [0.5, 0.6) is 0 Å². The number of carbonyl (C=O) groups excluding carboxylic acids is 1.